The van der Waals surface area contributed by atoms with Crippen LogP contribution in [-0.4, -0.2) is 0 Å². The van der Waals surface area contributed by atoms with Crippen molar-refractivity contribution in [3.63, 3.8) is 0 Å². The highest BCUT2D eigenvalue weighted by Gasteiger charge is 2.10. The number of hydrogen-bond acceptors (Lipinski definition) is 2. The van der Waals surface area contributed by atoms with E-state index in [2.05, 4.69) is 21.2 Å². The summed E-state index contributed by atoms with van der Waals surface area (Å²) in [4.78, 5) is 0. The number of benzene rings is 2. The minimum absolute atomic E-state index is 0.0410. The molecule has 1 unspecified atom stereocenters. The highest BCUT2D eigenvalue weighted by Crippen LogP contribution is 2.28. The van der Waals surface area contributed by atoms with E-state index in [1.54, 1.807) is 6.07 Å². The van der Waals surface area contributed by atoms with E-state index in [1.807, 2.05) is 53.8 Å². The topological polar surface area (TPSA) is 38.0 Å². The van der Waals surface area contributed by atoms with E-state index in [0.29, 0.717) is 14.9 Å². The summed E-state index contributed by atoms with van der Waals surface area (Å²) < 4.78 is 15.1. The van der Waals surface area contributed by atoms with Crippen LogP contribution in [0.3, 0.4) is 0 Å². The molecule has 0 saturated heterocycles. The Morgan fingerprint density at radius 1 is 1.32 bits per heavy atom. The van der Waals surface area contributed by atoms with Crippen molar-refractivity contribution in [2.45, 2.75) is 13.0 Å². The van der Waals surface area contributed by atoms with Crippen molar-refractivity contribution in [1.82, 2.24) is 0 Å². The Kier molecular flexibility index (Phi) is 4.67. The number of hydrogen-bond donors (Lipinski definition) is 2. The van der Waals surface area contributed by atoms with Gasteiger partial charge in [0, 0.05) is 16.6 Å². The molecule has 0 spiro atoms. The van der Waals surface area contributed by atoms with E-state index in [4.69, 9.17) is 5.73 Å². The van der Waals surface area contributed by atoms with Crippen LogP contribution in [0.4, 0.5) is 15.8 Å². The summed E-state index contributed by atoms with van der Waals surface area (Å²) in [7, 11) is 0. The van der Waals surface area contributed by atoms with Gasteiger partial charge in [-0.05, 0) is 53.3 Å². The van der Waals surface area contributed by atoms with Crippen LogP contribution in [0.2, 0.25) is 0 Å². The van der Waals surface area contributed by atoms with Crippen molar-refractivity contribution in [3.8, 4) is 0 Å². The summed E-state index contributed by atoms with van der Waals surface area (Å²) >= 11 is 5.37. The molecule has 19 heavy (non-hydrogen) atoms. The Bertz CT molecular complexity index is 604. The van der Waals surface area contributed by atoms with E-state index in [1.165, 1.54) is 6.07 Å². The fourth-order valence-corrected chi connectivity index (χ4v) is 2.69. The second-order valence-electron chi connectivity index (χ2n) is 4.27. The normalized spacial score (nSPS) is 12.2. The van der Waals surface area contributed by atoms with Gasteiger partial charge in [-0.2, -0.15) is 0 Å². The van der Waals surface area contributed by atoms with Crippen molar-refractivity contribution in [1.29, 1.82) is 0 Å². The molecule has 5 heteroatoms. The summed E-state index contributed by atoms with van der Waals surface area (Å²) in [6.45, 7) is 2.01. The minimum Gasteiger partial charge on any atom is -0.397 e. The predicted octanol–water partition coefficient (Wildman–Crippen LogP) is 4.95. The lowest BCUT2D eigenvalue weighted by molar-refractivity contribution is 0.620. The van der Waals surface area contributed by atoms with E-state index >= 15 is 0 Å². The standard InChI is InChI=1S/C14H13BrFIN2/c1-8(9-3-2-4-10(15)5-9)19-14-6-11(16)12(17)7-13(14)18/h2-8,19H,18H2,1H3. The Hall–Kier alpha value is -0.820. The van der Waals surface area contributed by atoms with Crippen molar-refractivity contribution >= 4 is 49.9 Å². The summed E-state index contributed by atoms with van der Waals surface area (Å²) in [6.07, 6.45) is 0. The lowest BCUT2D eigenvalue weighted by atomic mass is 10.1. The molecule has 100 valence electrons. The van der Waals surface area contributed by atoms with Gasteiger partial charge in [0.25, 0.3) is 0 Å². The molecule has 0 radical (unpaired) electrons. The summed E-state index contributed by atoms with van der Waals surface area (Å²) in [6, 6.07) is 11.1. The smallest absolute Gasteiger partial charge is 0.138 e. The Labute approximate surface area is 133 Å². The Morgan fingerprint density at radius 3 is 2.74 bits per heavy atom. The van der Waals surface area contributed by atoms with Gasteiger partial charge in [-0.3, -0.25) is 0 Å². The maximum Gasteiger partial charge on any atom is 0.138 e. The zero-order chi connectivity index (χ0) is 14.0. The van der Waals surface area contributed by atoms with Gasteiger partial charge in [0.05, 0.1) is 14.9 Å². The molecule has 2 rings (SSSR count). The van der Waals surface area contributed by atoms with Gasteiger partial charge in [-0.25, -0.2) is 4.39 Å². The fraction of sp³-hybridized carbons (Fsp3) is 0.143. The first-order valence-corrected chi connectivity index (χ1v) is 7.61. The van der Waals surface area contributed by atoms with Gasteiger partial charge in [0.15, 0.2) is 0 Å². The van der Waals surface area contributed by atoms with Gasteiger partial charge < -0.3 is 11.1 Å². The highest BCUT2D eigenvalue weighted by atomic mass is 127. The molecule has 0 aliphatic rings. The average Bonchev–Trinajstić information content (AvgIpc) is 2.36. The first-order chi connectivity index (χ1) is 8.97. The lowest BCUT2D eigenvalue weighted by Crippen LogP contribution is -2.09. The Morgan fingerprint density at radius 2 is 2.05 bits per heavy atom. The van der Waals surface area contributed by atoms with E-state index in [0.717, 1.165) is 10.0 Å². The highest BCUT2D eigenvalue weighted by molar-refractivity contribution is 14.1. The average molecular weight is 435 g/mol. The monoisotopic (exact) mass is 434 g/mol. The molecule has 0 amide bonds. The van der Waals surface area contributed by atoms with Crippen LogP contribution in [0, 0.1) is 9.39 Å². The molecule has 0 saturated carbocycles. The maximum absolute atomic E-state index is 13.6. The van der Waals surface area contributed by atoms with Gasteiger partial charge in [0.2, 0.25) is 0 Å². The molecule has 0 bridgehead atoms. The lowest BCUT2D eigenvalue weighted by Gasteiger charge is -2.18. The third-order valence-corrected chi connectivity index (χ3v) is 4.13. The second-order valence-corrected chi connectivity index (χ2v) is 6.35. The van der Waals surface area contributed by atoms with Crippen LogP contribution in [0.15, 0.2) is 40.9 Å². The van der Waals surface area contributed by atoms with Crippen LogP contribution < -0.4 is 11.1 Å². The molecule has 2 aromatic carbocycles. The number of nitrogens with two attached hydrogens (primary N) is 1. The van der Waals surface area contributed by atoms with Crippen LogP contribution >= 0.6 is 38.5 Å². The third kappa shape index (κ3) is 3.60. The first-order valence-electron chi connectivity index (χ1n) is 5.74. The van der Waals surface area contributed by atoms with Crippen molar-refractivity contribution < 1.29 is 4.39 Å². The Balaban J connectivity index is 2.24. The second kappa shape index (κ2) is 6.09. The van der Waals surface area contributed by atoms with E-state index < -0.39 is 0 Å². The number of halogens is 3. The molecule has 0 fully saturated rings. The van der Waals surface area contributed by atoms with Gasteiger partial charge >= 0.3 is 0 Å². The number of nitrogen functional groups attached to an aromatic ring is 1. The third-order valence-electron chi connectivity index (χ3n) is 2.81. The van der Waals surface area contributed by atoms with Crippen molar-refractivity contribution in [3.05, 3.63) is 55.8 Å². The molecule has 0 aromatic heterocycles. The maximum atomic E-state index is 13.6. The number of nitrogens with one attached hydrogen (secondary N) is 1. The molecule has 0 aliphatic heterocycles. The number of rotatable bonds is 3. The zero-order valence-corrected chi connectivity index (χ0v) is 14.0. The minimum atomic E-state index is -0.265. The van der Waals surface area contributed by atoms with E-state index in [-0.39, 0.29) is 11.9 Å². The van der Waals surface area contributed by atoms with Gasteiger partial charge in [-0.15, -0.1) is 0 Å². The summed E-state index contributed by atoms with van der Waals surface area (Å²) in [5.74, 6) is -0.265. The fourth-order valence-electron chi connectivity index (χ4n) is 1.78. The SMILES string of the molecule is CC(Nc1cc(F)c(I)cc1N)c1cccc(Br)c1. The van der Waals surface area contributed by atoms with Crippen LogP contribution in [0.5, 0.6) is 0 Å². The molecular formula is C14H13BrFIN2. The largest absolute Gasteiger partial charge is 0.397 e. The predicted molar refractivity (Wildman–Crippen MR) is 89.7 cm³/mol. The summed E-state index contributed by atoms with van der Waals surface area (Å²) in [5, 5.41) is 3.23. The van der Waals surface area contributed by atoms with Crippen molar-refractivity contribution in [2.24, 2.45) is 0 Å². The van der Waals surface area contributed by atoms with Crippen molar-refractivity contribution in [2.75, 3.05) is 11.1 Å². The van der Waals surface area contributed by atoms with E-state index in [9.17, 15) is 4.39 Å². The molecule has 0 aliphatic carbocycles. The molecule has 3 N–H and O–H groups in total. The van der Waals surface area contributed by atoms with Crippen LogP contribution in [0.25, 0.3) is 0 Å². The first kappa shape index (κ1) is 14.6. The summed E-state index contributed by atoms with van der Waals surface area (Å²) in [5.41, 5.74) is 8.17. The molecule has 0 heterocycles. The molecule has 2 aromatic rings. The molecule has 2 nitrogen and oxygen atoms in total. The molecule has 1 atom stereocenters. The van der Waals surface area contributed by atoms with Gasteiger partial charge in [0.1, 0.15) is 5.82 Å². The van der Waals surface area contributed by atoms with Gasteiger partial charge in [-0.1, -0.05) is 28.1 Å². The number of anilines is 2. The quantitative estimate of drug-likeness (QED) is 0.529. The van der Waals surface area contributed by atoms with Crippen LogP contribution in [0.1, 0.15) is 18.5 Å². The van der Waals surface area contributed by atoms with Crippen LogP contribution in [-0.2, 0) is 0 Å². The zero-order valence-electron chi connectivity index (χ0n) is 10.3. The molecular weight excluding hydrogens is 422 g/mol.